The van der Waals surface area contributed by atoms with Crippen LogP contribution in [0.3, 0.4) is 0 Å². The van der Waals surface area contributed by atoms with Crippen molar-refractivity contribution in [3.63, 3.8) is 0 Å². The molecule has 0 bridgehead atoms. The van der Waals surface area contributed by atoms with Crippen molar-refractivity contribution in [2.75, 3.05) is 30.8 Å². The van der Waals surface area contributed by atoms with Crippen LogP contribution < -0.4 is 16.0 Å². The smallest absolute Gasteiger partial charge is 0.263 e. The normalized spacial score (nSPS) is 17.3. The van der Waals surface area contributed by atoms with E-state index in [-0.39, 0.29) is 5.91 Å². The van der Waals surface area contributed by atoms with Gasteiger partial charge in [0.25, 0.3) is 5.91 Å². The summed E-state index contributed by atoms with van der Waals surface area (Å²) in [5.74, 6) is 0.679. The summed E-state index contributed by atoms with van der Waals surface area (Å²) in [6.45, 7) is 9.06. The van der Waals surface area contributed by atoms with Crippen LogP contribution in [0.5, 0.6) is 0 Å². The van der Waals surface area contributed by atoms with Gasteiger partial charge in [0.15, 0.2) is 0 Å². The third-order valence-corrected chi connectivity index (χ3v) is 5.42. The summed E-state index contributed by atoms with van der Waals surface area (Å²) >= 11 is 1.50. The Labute approximate surface area is 125 Å². The highest BCUT2D eigenvalue weighted by Gasteiger charge is 2.29. The highest BCUT2D eigenvalue weighted by atomic mass is 32.1. The van der Waals surface area contributed by atoms with Gasteiger partial charge in [-0.15, -0.1) is 11.3 Å². The predicted octanol–water partition coefficient (Wildman–Crippen LogP) is 2.95. The first-order chi connectivity index (χ1) is 9.32. The molecule has 3 N–H and O–H groups in total. The molecule has 4 nitrogen and oxygen atoms in total. The molecule has 5 heteroatoms. The maximum absolute atomic E-state index is 11.7. The van der Waals surface area contributed by atoms with E-state index in [4.69, 9.17) is 5.73 Å². The monoisotopic (exact) mass is 295 g/mol. The van der Waals surface area contributed by atoms with Crippen molar-refractivity contribution in [3.05, 3.63) is 10.9 Å². The number of carbonyl (C=O) groups is 1. The van der Waals surface area contributed by atoms with Crippen molar-refractivity contribution in [2.45, 2.75) is 33.6 Å². The van der Waals surface area contributed by atoms with E-state index >= 15 is 0 Å². The molecule has 0 aliphatic carbocycles. The summed E-state index contributed by atoms with van der Waals surface area (Å²) < 4.78 is 0. The molecule has 2 heterocycles. The van der Waals surface area contributed by atoms with Crippen LogP contribution in [0.1, 0.15) is 43.3 Å². The number of nitrogen functional groups attached to an aromatic ring is 1. The lowest BCUT2D eigenvalue weighted by Gasteiger charge is -2.39. The number of hydrogen-bond acceptors (Lipinski definition) is 4. The van der Waals surface area contributed by atoms with E-state index in [0.29, 0.717) is 16.0 Å². The van der Waals surface area contributed by atoms with E-state index in [1.165, 1.54) is 24.2 Å². The molecule has 1 saturated heterocycles. The van der Waals surface area contributed by atoms with E-state index in [1.54, 1.807) is 7.05 Å². The number of carbonyl (C=O) groups excluding carboxylic acids is 1. The minimum Gasteiger partial charge on any atom is -0.397 e. The molecule has 0 saturated carbocycles. The van der Waals surface area contributed by atoms with Crippen molar-refractivity contribution in [2.24, 2.45) is 11.3 Å². The van der Waals surface area contributed by atoms with Gasteiger partial charge in [-0.3, -0.25) is 4.79 Å². The molecule has 1 aromatic heterocycles. The minimum absolute atomic E-state index is 0.0941. The van der Waals surface area contributed by atoms with Crippen molar-refractivity contribution in [3.8, 4) is 0 Å². The molecular weight excluding hydrogens is 270 g/mol. The van der Waals surface area contributed by atoms with Crippen LogP contribution >= 0.6 is 11.3 Å². The predicted molar refractivity (Wildman–Crippen MR) is 86.5 cm³/mol. The first-order valence-electron chi connectivity index (χ1n) is 7.19. The van der Waals surface area contributed by atoms with Crippen molar-refractivity contribution in [1.82, 2.24) is 5.32 Å². The quantitative estimate of drug-likeness (QED) is 0.882. The molecule has 0 atom stereocenters. The average Bonchev–Trinajstić information content (AvgIpc) is 2.79. The van der Waals surface area contributed by atoms with Gasteiger partial charge in [0.2, 0.25) is 0 Å². The number of nitrogens with one attached hydrogen (secondary N) is 1. The molecule has 112 valence electrons. The second kappa shape index (κ2) is 5.64. The van der Waals surface area contributed by atoms with Crippen LogP contribution in [-0.4, -0.2) is 26.0 Å². The summed E-state index contributed by atoms with van der Waals surface area (Å²) in [5.41, 5.74) is 6.91. The van der Waals surface area contributed by atoms with Gasteiger partial charge in [0, 0.05) is 20.1 Å². The lowest BCUT2D eigenvalue weighted by molar-refractivity contribution is 0.0968. The molecule has 0 radical (unpaired) electrons. The first kappa shape index (κ1) is 15.2. The molecule has 1 amide bonds. The highest BCUT2D eigenvalue weighted by molar-refractivity contribution is 7.18. The molecule has 20 heavy (non-hydrogen) atoms. The summed E-state index contributed by atoms with van der Waals surface area (Å²) in [6, 6.07) is 1.94. The highest BCUT2D eigenvalue weighted by Crippen LogP contribution is 2.38. The van der Waals surface area contributed by atoms with E-state index in [9.17, 15) is 4.79 Å². The fourth-order valence-corrected chi connectivity index (χ4v) is 3.88. The number of rotatable bonds is 2. The number of nitrogens with zero attached hydrogens (tertiary/aromatic N) is 1. The zero-order valence-electron chi connectivity index (χ0n) is 12.8. The number of nitrogens with two attached hydrogens (primary N) is 1. The van der Waals surface area contributed by atoms with Gasteiger partial charge >= 0.3 is 0 Å². The topological polar surface area (TPSA) is 58.4 Å². The van der Waals surface area contributed by atoms with Gasteiger partial charge in [0.05, 0.1) is 10.7 Å². The van der Waals surface area contributed by atoms with Crippen LogP contribution in [-0.2, 0) is 0 Å². The second-order valence-corrected chi connectivity index (χ2v) is 7.61. The molecule has 1 aromatic rings. The maximum atomic E-state index is 11.7. The standard InChI is InChI=1S/C15H25N3OS/c1-15(2,3)10-5-7-18(8-6-10)12-9-11(16)13(20-12)14(19)17-4/h9-10H,5-8,16H2,1-4H3,(H,17,19). The molecule has 1 aliphatic rings. The average molecular weight is 295 g/mol. The Morgan fingerprint density at radius 3 is 2.50 bits per heavy atom. The first-order valence-corrected chi connectivity index (χ1v) is 8.01. The summed E-state index contributed by atoms with van der Waals surface area (Å²) in [5, 5.41) is 3.76. The Hall–Kier alpha value is -1.23. The largest absolute Gasteiger partial charge is 0.397 e. The van der Waals surface area contributed by atoms with Crippen LogP contribution in [0.2, 0.25) is 0 Å². The van der Waals surface area contributed by atoms with Crippen molar-refractivity contribution in [1.29, 1.82) is 0 Å². The van der Waals surface area contributed by atoms with Gasteiger partial charge in [-0.1, -0.05) is 20.8 Å². The number of hydrogen-bond donors (Lipinski definition) is 2. The fraction of sp³-hybridized carbons (Fsp3) is 0.667. The molecular formula is C15H25N3OS. The number of anilines is 2. The van der Waals surface area contributed by atoms with E-state index in [1.807, 2.05) is 6.07 Å². The van der Waals surface area contributed by atoms with E-state index in [2.05, 4.69) is 31.0 Å². The molecule has 1 fully saturated rings. The Morgan fingerprint density at radius 1 is 1.40 bits per heavy atom. The zero-order valence-corrected chi connectivity index (χ0v) is 13.6. The minimum atomic E-state index is -0.0941. The number of piperidine rings is 1. The Balaban J connectivity index is 2.06. The number of thiophene rings is 1. The van der Waals surface area contributed by atoms with Crippen LogP contribution in [0.4, 0.5) is 10.7 Å². The molecule has 0 spiro atoms. The van der Waals surface area contributed by atoms with Gasteiger partial charge in [-0.2, -0.15) is 0 Å². The van der Waals surface area contributed by atoms with Crippen molar-refractivity contribution < 1.29 is 4.79 Å². The second-order valence-electron chi connectivity index (χ2n) is 6.58. The lowest BCUT2D eigenvalue weighted by Crippen LogP contribution is -2.37. The SMILES string of the molecule is CNC(=O)c1sc(N2CCC(C(C)(C)C)CC2)cc1N. The third kappa shape index (κ3) is 3.08. The summed E-state index contributed by atoms with van der Waals surface area (Å²) in [4.78, 5) is 14.7. The molecule has 0 aromatic carbocycles. The van der Waals surface area contributed by atoms with E-state index < -0.39 is 0 Å². The summed E-state index contributed by atoms with van der Waals surface area (Å²) in [7, 11) is 1.63. The molecule has 2 rings (SSSR count). The lowest BCUT2D eigenvalue weighted by atomic mass is 9.75. The maximum Gasteiger partial charge on any atom is 0.263 e. The van der Waals surface area contributed by atoms with Crippen LogP contribution in [0.25, 0.3) is 0 Å². The Kier molecular flexibility index (Phi) is 4.28. The van der Waals surface area contributed by atoms with Gasteiger partial charge in [-0.05, 0) is 30.2 Å². The summed E-state index contributed by atoms with van der Waals surface area (Å²) in [6.07, 6.45) is 2.41. The van der Waals surface area contributed by atoms with Gasteiger partial charge < -0.3 is 16.0 Å². The van der Waals surface area contributed by atoms with Gasteiger partial charge in [0.1, 0.15) is 4.88 Å². The van der Waals surface area contributed by atoms with E-state index in [0.717, 1.165) is 24.0 Å². The van der Waals surface area contributed by atoms with Crippen LogP contribution in [0, 0.1) is 11.3 Å². The zero-order chi connectivity index (χ0) is 14.9. The Bertz CT molecular complexity index is 482. The molecule has 1 aliphatic heterocycles. The fourth-order valence-electron chi connectivity index (χ4n) is 2.80. The van der Waals surface area contributed by atoms with Crippen molar-refractivity contribution >= 4 is 27.9 Å². The van der Waals surface area contributed by atoms with Gasteiger partial charge in [-0.25, -0.2) is 0 Å². The third-order valence-electron chi connectivity index (χ3n) is 4.21. The molecule has 0 unspecified atom stereocenters. The number of amides is 1. The Morgan fingerprint density at radius 2 is 2.00 bits per heavy atom. The van der Waals surface area contributed by atoms with Crippen LogP contribution in [0.15, 0.2) is 6.07 Å².